The average Bonchev–Trinajstić information content (AvgIpc) is 2.50. The molecule has 108 valence electrons. The molecule has 3 rings (SSSR count). The number of hydrogen-bond acceptors (Lipinski definition) is 2. The van der Waals surface area contributed by atoms with Crippen LogP contribution in [0.1, 0.15) is 11.1 Å². The molecule has 3 nitrogen and oxygen atoms in total. The van der Waals surface area contributed by atoms with Gasteiger partial charge in [0.15, 0.2) is 0 Å². The maximum absolute atomic E-state index is 12.5. The van der Waals surface area contributed by atoms with Crippen LogP contribution >= 0.6 is 11.6 Å². The van der Waals surface area contributed by atoms with E-state index in [1.165, 1.54) is 5.56 Å². The molecular weight excluding hydrogens is 284 g/mol. The number of hydrogen-bond donors (Lipinski definition) is 2. The zero-order valence-corrected chi connectivity index (χ0v) is 12.6. The second-order valence-corrected chi connectivity index (χ2v) is 5.77. The number of para-hydroxylation sites is 2. The van der Waals surface area contributed by atoms with E-state index in [1.54, 1.807) is 6.07 Å². The lowest BCUT2D eigenvalue weighted by Crippen LogP contribution is -2.34. The number of anilines is 2. The third-order valence-electron chi connectivity index (χ3n) is 3.86. The van der Waals surface area contributed by atoms with Gasteiger partial charge in [-0.3, -0.25) is 4.79 Å². The molecule has 1 heterocycles. The Morgan fingerprint density at radius 1 is 1.24 bits per heavy atom. The molecule has 2 aromatic rings. The van der Waals surface area contributed by atoms with Crippen LogP contribution in [0.4, 0.5) is 11.4 Å². The lowest BCUT2D eigenvalue weighted by atomic mass is 9.93. The predicted octanol–water partition coefficient (Wildman–Crippen LogP) is 3.87. The highest BCUT2D eigenvalue weighted by atomic mass is 35.5. The minimum absolute atomic E-state index is 0.00760. The molecule has 0 saturated carbocycles. The van der Waals surface area contributed by atoms with Crippen molar-refractivity contribution >= 4 is 28.9 Å². The van der Waals surface area contributed by atoms with Crippen molar-refractivity contribution in [1.29, 1.82) is 0 Å². The second kappa shape index (κ2) is 5.78. The van der Waals surface area contributed by atoms with E-state index in [0.717, 1.165) is 17.7 Å². The van der Waals surface area contributed by atoms with Crippen molar-refractivity contribution < 1.29 is 4.79 Å². The second-order valence-electron chi connectivity index (χ2n) is 5.36. The Labute approximate surface area is 129 Å². The van der Waals surface area contributed by atoms with Gasteiger partial charge in [-0.15, -0.1) is 0 Å². The van der Waals surface area contributed by atoms with E-state index in [1.807, 2.05) is 37.3 Å². The van der Waals surface area contributed by atoms with Crippen molar-refractivity contribution in [2.24, 2.45) is 5.92 Å². The van der Waals surface area contributed by atoms with Crippen molar-refractivity contribution in [1.82, 2.24) is 0 Å². The lowest BCUT2D eigenvalue weighted by Gasteiger charge is -2.25. The van der Waals surface area contributed by atoms with Gasteiger partial charge in [-0.25, -0.2) is 0 Å². The summed E-state index contributed by atoms with van der Waals surface area (Å²) >= 11 is 6.16. The first-order chi connectivity index (χ1) is 10.1. The molecule has 0 saturated heterocycles. The molecular formula is C17H17ClN2O. The van der Waals surface area contributed by atoms with E-state index >= 15 is 0 Å². The molecule has 0 bridgehead atoms. The van der Waals surface area contributed by atoms with Gasteiger partial charge in [0.25, 0.3) is 0 Å². The molecule has 0 radical (unpaired) electrons. The summed E-state index contributed by atoms with van der Waals surface area (Å²) in [6.07, 6.45) is 0.749. The number of benzene rings is 2. The third-order valence-corrected chi connectivity index (χ3v) is 4.18. The Balaban J connectivity index is 1.76. The number of fused-ring (bicyclic) bond motifs is 1. The number of amides is 1. The Hall–Kier alpha value is -2.00. The molecule has 0 aromatic heterocycles. The standard InChI is InChI=1S/C17H17ClN2O/c1-11-5-4-7-14(18)16(11)20-17(21)13-9-12-6-2-3-8-15(12)19-10-13/h2-8,13,19H,9-10H2,1H3,(H,20,21). The maximum atomic E-state index is 12.5. The smallest absolute Gasteiger partial charge is 0.229 e. The third kappa shape index (κ3) is 2.88. The fourth-order valence-corrected chi connectivity index (χ4v) is 2.91. The van der Waals surface area contributed by atoms with E-state index in [2.05, 4.69) is 16.7 Å². The van der Waals surface area contributed by atoms with Gasteiger partial charge in [0.05, 0.1) is 16.6 Å². The molecule has 2 aromatic carbocycles. The highest BCUT2D eigenvalue weighted by Gasteiger charge is 2.25. The van der Waals surface area contributed by atoms with Gasteiger partial charge in [-0.1, -0.05) is 41.9 Å². The van der Waals surface area contributed by atoms with E-state index in [-0.39, 0.29) is 11.8 Å². The van der Waals surface area contributed by atoms with Gasteiger partial charge in [0, 0.05) is 12.2 Å². The van der Waals surface area contributed by atoms with Crippen molar-refractivity contribution in [2.75, 3.05) is 17.2 Å². The summed E-state index contributed by atoms with van der Waals surface area (Å²) in [6, 6.07) is 13.7. The van der Waals surface area contributed by atoms with Crippen LogP contribution in [0.15, 0.2) is 42.5 Å². The van der Waals surface area contributed by atoms with Gasteiger partial charge in [-0.05, 0) is 36.6 Å². The Morgan fingerprint density at radius 3 is 2.86 bits per heavy atom. The minimum atomic E-state index is -0.0874. The number of carbonyl (C=O) groups is 1. The zero-order valence-electron chi connectivity index (χ0n) is 11.8. The summed E-state index contributed by atoms with van der Waals surface area (Å²) in [4.78, 5) is 12.5. The molecule has 4 heteroatoms. The van der Waals surface area contributed by atoms with Crippen LogP contribution in [0, 0.1) is 12.8 Å². The van der Waals surface area contributed by atoms with Crippen LogP contribution in [0.5, 0.6) is 0 Å². The first-order valence-electron chi connectivity index (χ1n) is 7.03. The number of aryl methyl sites for hydroxylation is 1. The topological polar surface area (TPSA) is 41.1 Å². The number of nitrogens with one attached hydrogen (secondary N) is 2. The number of halogens is 1. The van der Waals surface area contributed by atoms with Crippen LogP contribution in [0.2, 0.25) is 5.02 Å². The van der Waals surface area contributed by atoms with Crippen molar-refractivity contribution in [3.63, 3.8) is 0 Å². The van der Waals surface area contributed by atoms with Crippen LogP contribution in [-0.2, 0) is 11.2 Å². The lowest BCUT2D eigenvalue weighted by molar-refractivity contribution is -0.119. The maximum Gasteiger partial charge on any atom is 0.229 e. The van der Waals surface area contributed by atoms with Gasteiger partial charge in [0.1, 0.15) is 0 Å². The van der Waals surface area contributed by atoms with Crippen LogP contribution in [0.25, 0.3) is 0 Å². The van der Waals surface area contributed by atoms with E-state index < -0.39 is 0 Å². The van der Waals surface area contributed by atoms with Gasteiger partial charge >= 0.3 is 0 Å². The molecule has 1 atom stereocenters. The van der Waals surface area contributed by atoms with Crippen molar-refractivity contribution in [3.8, 4) is 0 Å². The molecule has 1 amide bonds. The summed E-state index contributed by atoms with van der Waals surface area (Å²) in [5.41, 5.74) is 3.98. The average molecular weight is 301 g/mol. The minimum Gasteiger partial charge on any atom is -0.384 e. The Morgan fingerprint density at radius 2 is 2.05 bits per heavy atom. The molecule has 0 spiro atoms. The summed E-state index contributed by atoms with van der Waals surface area (Å²) in [5.74, 6) is -0.0798. The Kier molecular flexibility index (Phi) is 3.84. The molecule has 1 unspecified atom stereocenters. The highest BCUT2D eigenvalue weighted by molar-refractivity contribution is 6.33. The fraction of sp³-hybridized carbons (Fsp3) is 0.235. The first kappa shape index (κ1) is 14.0. The quantitative estimate of drug-likeness (QED) is 0.884. The fourth-order valence-electron chi connectivity index (χ4n) is 2.64. The summed E-state index contributed by atoms with van der Waals surface area (Å²) in [7, 11) is 0. The highest BCUT2D eigenvalue weighted by Crippen LogP contribution is 2.28. The molecule has 21 heavy (non-hydrogen) atoms. The van der Waals surface area contributed by atoms with Crippen LogP contribution in [0.3, 0.4) is 0 Å². The van der Waals surface area contributed by atoms with Crippen molar-refractivity contribution in [3.05, 3.63) is 58.6 Å². The molecule has 1 aliphatic heterocycles. The SMILES string of the molecule is Cc1cccc(Cl)c1NC(=O)C1CNc2ccccc2C1. The molecule has 1 aliphatic rings. The number of carbonyl (C=O) groups excluding carboxylic acids is 1. The summed E-state index contributed by atoms with van der Waals surface area (Å²) < 4.78 is 0. The van der Waals surface area contributed by atoms with Gasteiger partial charge in [0.2, 0.25) is 5.91 Å². The predicted molar refractivity (Wildman–Crippen MR) is 86.9 cm³/mol. The zero-order chi connectivity index (χ0) is 14.8. The molecule has 0 aliphatic carbocycles. The largest absolute Gasteiger partial charge is 0.384 e. The molecule has 0 fully saturated rings. The van der Waals surface area contributed by atoms with Crippen molar-refractivity contribution in [2.45, 2.75) is 13.3 Å². The first-order valence-corrected chi connectivity index (χ1v) is 7.40. The van der Waals surface area contributed by atoms with E-state index in [0.29, 0.717) is 17.3 Å². The van der Waals surface area contributed by atoms with E-state index in [9.17, 15) is 4.79 Å². The van der Waals surface area contributed by atoms with E-state index in [4.69, 9.17) is 11.6 Å². The summed E-state index contributed by atoms with van der Waals surface area (Å²) in [6.45, 7) is 2.59. The Bertz CT molecular complexity index is 664. The molecule has 2 N–H and O–H groups in total. The van der Waals surface area contributed by atoms with Crippen LogP contribution in [-0.4, -0.2) is 12.5 Å². The van der Waals surface area contributed by atoms with Gasteiger partial charge < -0.3 is 10.6 Å². The van der Waals surface area contributed by atoms with Gasteiger partial charge in [-0.2, -0.15) is 0 Å². The number of rotatable bonds is 2. The summed E-state index contributed by atoms with van der Waals surface area (Å²) in [5, 5.41) is 6.86. The normalized spacial score (nSPS) is 16.8. The monoisotopic (exact) mass is 300 g/mol. The van der Waals surface area contributed by atoms with Crippen LogP contribution < -0.4 is 10.6 Å².